The van der Waals surface area contributed by atoms with E-state index in [2.05, 4.69) is 27.9 Å². The maximum Gasteiger partial charge on any atom is 0.295 e. The van der Waals surface area contributed by atoms with Crippen LogP contribution >= 0.6 is 34.4 Å². The molecule has 2 aromatic rings. The van der Waals surface area contributed by atoms with Crippen LogP contribution in [0, 0.1) is 3.57 Å². The highest BCUT2D eigenvalue weighted by Gasteiger charge is 2.34. The minimum atomic E-state index is -0.272. The van der Waals surface area contributed by atoms with Gasteiger partial charge in [0, 0.05) is 9.26 Å². The summed E-state index contributed by atoms with van der Waals surface area (Å²) in [4.78, 5) is 26.1. The van der Waals surface area contributed by atoms with Gasteiger partial charge in [0.25, 0.3) is 11.1 Å². The van der Waals surface area contributed by atoms with Crippen molar-refractivity contribution in [3.63, 3.8) is 0 Å². The Labute approximate surface area is 164 Å². The van der Waals surface area contributed by atoms with Crippen LogP contribution in [-0.4, -0.2) is 22.7 Å². The van der Waals surface area contributed by atoms with Gasteiger partial charge in [-0.3, -0.25) is 14.5 Å². The molecular weight excluding hydrogens is 447 g/mol. The lowest BCUT2D eigenvalue weighted by atomic mass is 10.2. The Hall–Kier alpha value is -2.06. The number of anilines is 1. The Morgan fingerprint density at radius 3 is 2.48 bits per heavy atom. The second kappa shape index (κ2) is 8.35. The average Bonchev–Trinajstić information content (AvgIpc) is 2.89. The van der Waals surface area contributed by atoms with Crippen LogP contribution in [0.3, 0.4) is 0 Å². The Bertz CT molecular complexity index is 832. The van der Waals surface area contributed by atoms with E-state index >= 15 is 0 Å². The number of carbonyl (C=O) groups excluding carboxylic acids is 2. The lowest BCUT2D eigenvalue weighted by Crippen LogP contribution is -2.33. The van der Waals surface area contributed by atoms with E-state index in [0.717, 1.165) is 26.6 Å². The van der Waals surface area contributed by atoms with Gasteiger partial charge in [0.2, 0.25) is 0 Å². The molecule has 1 saturated heterocycles. The highest BCUT2D eigenvalue weighted by Crippen LogP contribution is 2.30. The summed E-state index contributed by atoms with van der Waals surface area (Å²) in [6, 6.07) is 17.5. The van der Waals surface area contributed by atoms with Gasteiger partial charge >= 0.3 is 0 Å². The van der Waals surface area contributed by atoms with E-state index in [1.807, 2.05) is 60.7 Å². The van der Waals surface area contributed by atoms with Crippen molar-refractivity contribution in [1.82, 2.24) is 4.90 Å². The third-order valence-corrected chi connectivity index (χ3v) is 5.14. The number of hydrogen-bond donors (Lipinski definition) is 1. The van der Waals surface area contributed by atoms with Crippen molar-refractivity contribution in [2.45, 2.75) is 0 Å². The summed E-state index contributed by atoms with van der Waals surface area (Å²) in [5, 5.41) is 2.84. The molecule has 25 heavy (non-hydrogen) atoms. The summed E-state index contributed by atoms with van der Waals surface area (Å²) < 4.78 is 1.13. The Morgan fingerprint density at radius 2 is 1.76 bits per heavy atom. The van der Waals surface area contributed by atoms with E-state index < -0.39 is 0 Å². The predicted octanol–water partition coefficient (Wildman–Crippen LogP) is 4.95. The molecule has 4 nitrogen and oxygen atoms in total. The van der Waals surface area contributed by atoms with Crippen molar-refractivity contribution in [1.29, 1.82) is 0 Å². The first-order chi connectivity index (χ1) is 12.1. The molecule has 126 valence electrons. The number of hydrogen-bond acceptors (Lipinski definition) is 4. The van der Waals surface area contributed by atoms with Gasteiger partial charge in [-0.15, -0.1) is 0 Å². The number of rotatable bonds is 5. The van der Waals surface area contributed by atoms with Crippen molar-refractivity contribution in [2.24, 2.45) is 0 Å². The van der Waals surface area contributed by atoms with E-state index in [4.69, 9.17) is 0 Å². The van der Waals surface area contributed by atoms with E-state index in [0.29, 0.717) is 4.91 Å². The number of carbonyl (C=O) groups is 2. The van der Waals surface area contributed by atoms with Gasteiger partial charge in [-0.25, -0.2) is 0 Å². The van der Waals surface area contributed by atoms with E-state index in [1.54, 1.807) is 12.2 Å². The Kier molecular flexibility index (Phi) is 5.93. The van der Waals surface area contributed by atoms with Crippen LogP contribution in [0.4, 0.5) is 10.5 Å². The van der Waals surface area contributed by atoms with Gasteiger partial charge in [-0.2, -0.15) is 0 Å². The van der Waals surface area contributed by atoms with Gasteiger partial charge in [0.1, 0.15) is 0 Å². The molecule has 0 saturated carbocycles. The second-order valence-electron chi connectivity index (χ2n) is 5.24. The van der Waals surface area contributed by atoms with Gasteiger partial charge in [0.05, 0.1) is 11.6 Å². The number of amides is 2. The topological polar surface area (TPSA) is 49.4 Å². The van der Waals surface area contributed by atoms with Crippen LogP contribution in [0.5, 0.6) is 0 Å². The van der Waals surface area contributed by atoms with Gasteiger partial charge < -0.3 is 5.32 Å². The van der Waals surface area contributed by atoms with Crippen molar-refractivity contribution < 1.29 is 9.59 Å². The number of allylic oxidation sites excluding steroid dienone is 2. The van der Waals surface area contributed by atoms with Crippen LogP contribution in [-0.2, 0) is 4.79 Å². The van der Waals surface area contributed by atoms with Crippen molar-refractivity contribution in [2.75, 3.05) is 12.0 Å². The Morgan fingerprint density at radius 1 is 1.04 bits per heavy atom. The minimum absolute atomic E-state index is 0.158. The molecule has 1 N–H and O–H groups in total. The third kappa shape index (κ3) is 4.73. The highest BCUT2D eigenvalue weighted by molar-refractivity contribution is 14.1. The van der Waals surface area contributed by atoms with E-state index in [9.17, 15) is 9.59 Å². The number of thioether (sulfide) groups is 1. The fraction of sp³-hybridized carbons (Fsp3) is 0.0526. The normalized spacial score (nSPS) is 16.2. The van der Waals surface area contributed by atoms with Crippen LogP contribution in [0.15, 0.2) is 71.7 Å². The van der Waals surface area contributed by atoms with E-state index in [-0.39, 0.29) is 17.8 Å². The molecule has 6 heteroatoms. The van der Waals surface area contributed by atoms with Crippen molar-refractivity contribution in [3.05, 3.63) is 80.8 Å². The molecule has 0 aliphatic carbocycles. The molecule has 0 atom stereocenters. The first-order valence-corrected chi connectivity index (χ1v) is 9.49. The number of imide groups is 1. The summed E-state index contributed by atoms with van der Waals surface area (Å²) in [6.45, 7) is 0.158. The molecule has 0 aromatic heterocycles. The average molecular weight is 462 g/mol. The fourth-order valence-corrected chi connectivity index (χ4v) is 3.35. The number of nitrogens with zero attached hydrogens (tertiary/aromatic N) is 1. The largest absolute Gasteiger partial charge is 0.367 e. The molecule has 0 unspecified atom stereocenters. The molecule has 1 fully saturated rings. The zero-order chi connectivity index (χ0) is 17.6. The molecule has 2 aromatic carbocycles. The monoisotopic (exact) mass is 462 g/mol. The summed E-state index contributed by atoms with van der Waals surface area (Å²) in [7, 11) is 0. The summed E-state index contributed by atoms with van der Waals surface area (Å²) in [6.07, 6.45) is 5.37. The molecule has 1 aliphatic rings. The summed E-state index contributed by atoms with van der Waals surface area (Å²) in [5.74, 6) is -0.272. The quantitative estimate of drug-likeness (QED) is 0.505. The molecule has 3 rings (SSSR count). The standard InChI is InChI=1S/C19H15IN2O2S/c20-15-9-11-16(12-10-15)21-13-22-18(23)17(25-19(22)24)8-4-7-14-5-2-1-3-6-14/h1-12,21H,13H2. The van der Waals surface area contributed by atoms with Crippen LogP contribution in [0.25, 0.3) is 6.08 Å². The maximum absolute atomic E-state index is 12.4. The number of nitrogens with one attached hydrogen (secondary N) is 1. The summed E-state index contributed by atoms with van der Waals surface area (Å²) in [5.41, 5.74) is 1.91. The van der Waals surface area contributed by atoms with Crippen molar-refractivity contribution >= 4 is 57.3 Å². The first-order valence-electron chi connectivity index (χ1n) is 7.60. The van der Waals surface area contributed by atoms with Crippen molar-refractivity contribution in [3.8, 4) is 0 Å². The fourth-order valence-electron chi connectivity index (χ4n) is 2.20. The summed E-state index contributed by atoms with van der Waals surface area (Å²) >= 11 is 3.19. The third-order valence-electron chi connectivity index (χ3n) is 3.49. The van der Waals surface area contributed by atoms with Gasteiger partial charge in [-0.05, 0) is 70.3 Å². The number of benzene rings is 2. The van der Waals surface area contributed by atoms with E-state index in [1.165, 1.54) is 4.90 Å². The molecule has 1 aliphatic heterocycles. The molecule has 0 bridgehead atoms. The maximum atomic E-state index is 12.4. The number of halogens is 1. The Balaban J connectivity index is 1.62. The highest BCUT2D eigenvalue weighted by atomic mass is 127. The van der Waals surface area contributed by atoms with Crippen LogP contribution in [0.1, 0.15) is 5.56 Å². The lowest BCUT2D eigenvalue weighted by molar-refractivity contribution is -0.122. The second-order valence-corrected chi connectivity index (χ2v) is 7.48. The zero-order valence-electron chi connectivity index (χ0n) is 13.2. The van der Waals surface area contributed by atoms with Gasteiger partial charge in [0.15, 0.2) is 0 Å². The predicted molar refractivity (Wildman–Crippen MR) is 111 cm³/mol. The minimum Gasteiger partial charge on any atom is -0.367 e. The van der Waals surface area contributed by atoms with Gasteiger partial charge in [-0.1, -0.05) is 42.5 Å². The smallest absolute Gasteiger partial charge is 0.295 e. The molecule has 1 heterocycles. The molecule has 0 spiro atoms. The first kappa shape index (κ1) is 17.8. The molecule has 2 amide bonds. The SMILES string of the molecule is O=C1SC(=CC=Cc2ccccc2)C(=O)N1CNc1ccc(I)cc1. The van der Waals surface area contributed by atoms with Crippen LogP contribution < -0.4 is 5.32 Å². The van der Waals surface area contributed by atoms with Crippen LogP contribution in [0.2, 0.25) is 0 Å². The molecule has 0 radical (unpaired) electrons. The zero-order valence-corrected chi connectivity index (χ0v) is 16.2. The molecular formula is C19H15IN2O2S. The lowest BCUT2D eigenvalue weighted by Gasteiger charge is -2.14.